The summed E-state index contributed by atoms with van der Waals surface area (Å²) in [5.41, 5.74) is 8.07. The van der Waals surface area contributed by atoms with Crippen LogP contribution in [0.1, 0.15) is 15.9 Å². The number of aromatic carboxylic acids is 1. The Hall–Kier alpha value is 0.0916. The molecule has 0 aliphatic rings. The molecular formula is C8H8AcNO2-. The van der Waals surface area contributed by atoms with Crippen molar-refractivity contribution in [2.24, 2.45) is 0 Å². The SMILES string of the molecule is [Ac].[NH-]Cc1ccc(C(=O)O)cc1. The Kier molecular flexibility index (Phi) is 5.73. The van der Waals surface area contributed by atoms with Crippen LogP contribution in [0.3, 0.4) is 0 Å². The summed E-state index contributed by atoms with van der Waals surface area (Å²) in [5, 5.41) is 8.50. The van der Waals surface area contributed by atoms with E-state index >= 15 is 0 Å². The summed E-state index contributed by atoms with van der Waals surface area (Å²) in [4.78, 5) is 10.4. The topological polar surface area (TPSA) is 61.1 Å². The fourth-order valence-corrected chi connectivity index (χ4v) is 0.765. The van der Waals surface area contributed by atoms with Crippen LogP contribution in [0, 0.1) is 44.1 Å². The Morgan fingerprint density at radius 1 is 1.33 bits per heavy atom. The quantitative estimate of drug-likeness (QED) is 0.857. The standard InChI is InChI=1S/C8H8NO2.Ac/c9-5-6-1-3-7(4-2-6)8(10)11;/h1-4,9H,5H2,(H,10,11);/q-1;. The van der Waals surface area contributed by atoms with E-state index in [1.807, 2.05) is 0 Å². The van der Waals surface area contributed by atoms with Crippen molar-refractivity contribution in [3.63, 3.8) is 0 Å². The molecular weight excluding hydrogens is 369 g/mol. The third-order valence-electron chi connectivity index (χ3n) is 1.41. The molecule has 1 radical (unpaired) electrons. The Morgan fingerprint density at radius 3 is 2.17 bits per heavy atom. The van der Waals surface area contributed by atoms with Crippen molar-refractivity contribution in [1.82, 2.24) is 0 Å². The summed E-state index contributed by atoms with van der Waals surface area (Å²) in [5.74, 6) is -0.929. The number of carboxylic acid groups (broad SMARTS) is 1. The van der Waals surface area contributed by atoms with Crippen molar-refractivity contribution < 1.29 is 54.0 Å². The van der Waals surface area contributed by atoms with E-state index in [-0.39, 0.29) is 56.2 Å². The van der Waals surface area contributed by atoms with Gasteiger partial charge in [0, 0.05) is 44.1 Å². The van der Waals surface area contributed by atoms with Gasteiger partial charge in [-0.2, -0.15) is 0 Å². The number of hydrogen-bond donors (Lipinski definition) is 1. The summed E-state index contributed by atoms with van der Waals surface area (Å²) in [6.07, 6.45) is 0. The second-order valence-corrected chi connectivity index (χ2v) is 2.18. The molecule has 0 aliphatic carbocycles. The minimum Gasteiger partial charge on any atom is -0.674 e. The van der Waals surface area contributed by atoms with E-state index in [4.69, 9.17) is 10.8 Å². The third kappa shape index (κ3) is 3.22. The first kappa shape index (κ1) is 12.1. The Labute approximate surface area is 107 Å². The minimum absolute atomic E-state index is 0. The Balaban J connectivity index is 0.00000121. The molecule has 61 valence electrons. The average Bonchev–Trinajstić information content (AvgIpc) is 2.05. The summed E-state index contributed by atoms with van der Waals surface area (Å²) in [6.45, 7) is 0.194. The maximum atomic E-state index is 10.4. The van der Waals surface area contributed by atoms with Gasteiger partial charge in [0.15, 0.2) is 0 Å². The van der Waals surface area contributed by atoms with Crippen LogP contribution < -0.4 is 0 Å². The van der Waals surface area contributed by atoms with Gasteiger partial charge in [0.1, 0.15) is 0 Å². The normalized spacial score (nSPS) is 8.75. The fourth-order valence-electron chi connectivity index (χ4n) is 0.765. The van der Waals surface area contributed by atoms with Crippen LogP contribution in [0.15, 0.2) is 24.3 Å². The molecule has 0 saturated heterocycles. The molecule has 12 heavy (non-hydrogen) atoms. The monoisotopic (exact) mass is 377 g/mol. The van der Waals surface area contributed by atoms with Crippen LogP contribution in [-0.4, -0.2) is 11.1 Å². The molecule has 1 aromatic carbocycles. The van der Waals surface area contributed by atoms with Crippen molar-refractivity contribution in [1.29, 1.82) is 0 Å². The second-order valence-electron chi connectivity index (χ2n) is 2.18. The number of carboxylic acids is 1. The van der Waals surface area contributed by atoms with Crippen LogP contribution >= 0.6 is 0 Å². The summed E-state index contributed by atoms with van der Waals surface area (Å²) in [6, 6.07) is 6.31. The van der Waals surface area contributed by atoms with Gasteiger partial charge in [0.2, 0.25) is 0 Å². The van der Waals surface area contributed by atoms with Crippen molar-refractivity contribution >= 4 is 5.97 Å². The Morgan fingerprint density at radius 2 is 1.83 bits per heavy atom. The zero-order valence-electron chi connectivity index (χ0n) is 6.45. The van der Waals surface area contributed by atoms with Crippen molar-refractivity contribution in [2.75, 3.05) is 0 Å². The predicted molar refractivity (Wildman–Crippen MR) is 41.4 cm³/mol. The van der Waals surface area contributed by atoms with Crippen molar-refractivity contribution in [3.05, 3.63) is 41.1 Å². The largest absolute Gasteiger partial charge is 0.674 e. The van der Waals surface area contributed by atoms with E-state index in [9.17, 15) is 4.79 Å². The zero-order valence-corrected chi connectivity index (χ0v) is 11.2. The van der Waals surface area contributed by atoms with E-state index < -0.39 is 5.97 Å². The van der Waals surface area contributed by atoms with E-state index in [0.717, 1.165) is 5.56 Å². The van der Waals surface area contributed by atoms with Gasteiger partial charge in [-0.25, -0.2) is 4.79 Å². The van der Waals surface area contributed by atoms with Gasteiger partial charge in [-0.3, -0.25) is 0 Å². The molecule has 0 heterocycles. The molecule has 0 fully saturated rings. The smallest absolute Gasteiger partial charge is 0.335 e. The molecule has 3 nitrogen and oxygen atoms in total. The maximum Gasteiger partial charge on any atom is 0.335 e. The Bertz CT molecular complexity index is 258. The van der Waals surface area contributed by atoms with Gasteiger partial charge in [0.25, 0.3) is 0 Å². The molecule has 0 aromatic heterocycles. The van der Waals surface area contributed by atoms with Crippen LogP contribution in [0.5, 0.6) is 0 Å². The first-order valence-corrected chi connectivity index (χ1v) is 3.21. The minimum atomic E-state index is -0.929. The molecule has 0 unspecified atom stereocenters. The molecule has 0 bridgehead atoms. The number of rotatable bonds is 2. The fraction of sp³-hybridized carbons (Fsp3) is 0.125. The molecule has 4 heteroatoms. The average molecular weight is 377 g/mol. The van der Waals surface area contributed by atoms with E-state index in [0.29, 0.717) is 0 Å². The number of benzene rings is 1. The molecule has 0 saturated carbocycles. The summed E-state index contributed by atoms with van der Waals surface area (Å²) in [7, 11) is 0. The number of hydrogen-bond acceptors (Lipinski definition) is 1. The summed E-state index contributed by atoms with van der Waals surface area (Å²) < 4.78 is 0. The second kappa shape index (κ2) is 5.69. The van der Waals surface area contributed by atoms with Crippen LogP contribution in [-0.2, 0) is 6.54 Å². The van der Waals surface area contributed by atoms with Gasteiger partial charge >= 0.3 is 5.97 Å². The van der Waals surface area contributed by atoms with Gasteiger partial charge in [0.05, 0.1) is 5.56 Å². The predicted octanol–water partition coefficient (Wildman–Crippen LogP) is 1.94. The molecule has 1 aromatic rings. The summed E-state index contributed by atoms with van der Waals surface area (Å²) >= 11 is 0. The molecule has 0 amide bonds. The number of carbonyl (C=O) groups is 1. The van der Waals surface area contributed by atoms with Crippen molar-refractivity contribution in [3.8, 4) is 0 Å². The molecule has 0 aliphatic heterocycles. The first-order chi connectivity index (χ1) is 5.24. The molecule has 2 N–H and O–H groups in total. The van der Waals surface area contributed by atoms with Gasteiger partial charge in [-0.1, -0.05) is 17.7 Å². The molecule has 0 spiro atoms. The molecule has 1 rings (SSSR count). The maximum absolute atomic E-state index is 10.4. The zero-order chi connectivity index (χ0) is 8.27. The first-order valence-electron chi connectivity index (χ1n) is 3.21. The van der Waals surface area contributed by atoms with Gasteiger partial charge in [-0.05, 0) is 12.1 Å². The molecule has 0 atom stereocenters. The van der Waals surface area contributed by atoms with E-state index in [1.165, 1.54) is 12.1 Å². The van der Waals surface area contributed by atoms with Gasteiger partial charge in [-0.15, -0.1) is 6.54 Å². The number of nitrogens with one attached hydrogen (secondary N) is 1. The van der Waals surface area contributed by atoms with Crippen molar-refractivity contribution in [2.45, 2.75) is 6.54 Å². The van der Waals surface area contributed by atoms with Crippen LogP contribution in [0.2, 0.25) is 0 Å². The van der Waals surface area contributed by atoms with Gasteiger partial charge < -0.3 is 10.8 Å². The van der Waals surface area contributed by atoms with E-state index in [2.05, 4.69) is 0 Å². The van der Waals surface area contributed by atoms with Crippen LogP contribution in [0.25, 0.3) is 5.73 Å². The van der Waals surface area contributed by atoms with Crippen LogP contribution in [0.4, 0.5) is 0 Å². The van der Waals surface area contributed by atoms with E-state index in [1.54, 1.807) is 12.1 Å². The third-order valence-corrected chi connectivity index (χ3v) is 1.41.